The molecule has 0 aliphatic carbocycles. The first-order valence-corrected chi connectivity index (χ1v) is 6.82. The number of nitroso groups, excluding NO2 is 1. The van der Waals surface area contributed by atoms with Crippen LogP contribution >= 0.6 is 0 Å². The molecular formula is C17H13N3O2. The summed E-state index contributed by atoms with van der Waals surface area (Å²) in [4.78, 5) is 27.3. The Morgan fingerprint density at radius 3 is 2.23 bits per heavy atom. The molecule has 1 saturated heterocycles. The Morgan fingerprint density at radius 1 is 0.955 bits per heavy atom. The molecule has 2 aromatic rings. The molecule has 1 fully saturated rings. The number of nitrogens with one attached hydrogen (secondary N) is 1. The average molecular weight is 291 g/mol. The molecule has 1 aliphatic heterocycles. The van der Waals surface area contributed by atoms with E-state index in [-0.39, 0.29) is 0 Å². The van der Waals surface area contributed by atoms with Gasteiger partial charge >= 0.3 is 0 Å². The SMILES string of the molecule is O=NC1C(=O)NC(=Cc2ccccc2)C1=Nc1ccccc1. The van der Waals surface area contributed by atoms with Crippen LogP contribution in [0.1, 0.15) is 5.56 Å². The Labute approximate surface area is 127 Å². The first-order valence-electron chi connectivity index (χ1n) is 6.82. The highest BCUT2D eigenvalue weighted by molar-refractivity contribution is 6.25. The number of para-hydroxylation sites is 1. The van der Waals surface area contributed by atoms with Gasteiger partial charge in [-0.25, -0.2) is 4.99 Å². The number of amides is 1. The molecule has 5 nitrogen and oxygen atoms in total. The third-order valence-corrected chi connectivity index (χ3v) is 3.26. The molecule has 1 aliphatic rings. The van der Waals surface area contributed by atoms with Gasteiger partial charge < -0.3 is 5.32 Å². The van der Waals surface area contributed by atoms with E-state index in [1.165, 1.54) is 0 Å². The van der Waals surface area contributed by atoms with Crippen molar-refractivity contribution in [1.82, 2.24) is 5.32 Å². The first-order chi connectivity index (χ1) is 10.8. The lowest BCUT2D eigenvalue weighted by atomic mass is 10.1. The fourth-order valence-electron chi connectivity index (χ4n) is 2.22. The van der Waals surface area contributed by atoms with Crippen LogP contribution in [0.4, 0.5) is 5.69 Å². The van der Waals surface area contributed by atoms with Gasteiger partial charge in [-0.15, -0.1) is 4.91 Å². The van der Waals surface area contributed by atoms with E-state index in [0.717, 1.165) is 5.56 Å². The molecule has 3 rings (SSSR count). The van der Waals surface area contributed by atoms with Crippen LogP contribution in [-0.2, 0) is 4.79 Å². The van der Waals surface area contributed by atoms with Crippen LogP contribution in [0.15, 0.2) is 76.5 Å². The van der Waals surface area contributed by atoms with E-state index in [4.69, 9.17) is 0 Å². The maximum absolute atomic E-state index is 11.9. The summed E-state index contributed by atoms with van der Waals surface area (Å²) >= 11 is 0. The molecule has 0 radical (unpaired) electrons. The predicted octanol–water partition coefficient (Wildman–Crippen LogP) is 3.07. The highest BCUT2D eigenvalue weighted by Gasteiger charge is 2.36. The van der Waals surface area contributed by atoms with Gasteiger partial charge in [-0.05, 0) is 28.9 Å². The fraction of sp³-hybridized carbons (Fsp3) is 0.0588. The second-order valence-electron chi connectivity index (χ2n) is 4.80. The largest absolute Gasteiger partial charge is 0.322 e. The van der Waals surface area contributed by atoms with Crippen LogP contribution < -0.4 is 5.32 Å². The molecule has 1 unspecified atom stereocenters. The van der Waals surface area contributed by atoms with E-state index < -0.39 is 11.9 Å². The molecule has 0 saturated carbocycles. The number of hydrogen-bond acceptors (Lipinski definition) is 4. The van der Waals surface area contributed by atoms with E-state index in [1.807, 2.05) is 48.5 Å². The zero-order valence-electron chi connectivity index (χ0n) is 11.6. The second kappa shape index (κ2) is 6.13. The normalized spacial score (nSPS) is 21.1. The molecule has 1 N–H and O–H groups in total. The van der Waals surface area contributed by atoms with Gasteiger partial charge in [-0.3, -0.25) is 4.79 Å². The average Bonchev–Trinajstić information content (AvgIpc) is 2.84. The van der Waals surface area contributed by atoms with Gasteiger partial charge in [-0.1, -0.05) is 48.5 Å². The molecule has 0 bridgehead atoms. The van der Waals surface area contributed by atoms with Crippen molar-refractivity contribution >= 4 is 23.4 Å². The summed E-state index contributed by atoms with van der Waals surface area (Å²) in [6.45, 7) is 0. The first kappa shape index (κ1) is 13.9. The molecular weight excluding hydrogens is 278 g/mol. The lowest BCUT2D eigenvalue weighted by Crippen LogP contribution is -2.22. The molecule has 1 atom stereocenters. The highest BCUT2D eigenvalue weighted by atomic mass is 16.3. The summed E-state index contributed by atoms with van der Waals surface area (Å²) < 4.78 is 0. The standard InChI is InChI=1S/C17H13N3O2/c21-17-16(20-22)15(18-13-9-5-2-6-10-13)14(19-17)11-12-7-3-1-4-8-12/h1-11,16H,(H,19,21). The lowest BCUT2D eigenvalue weighted by Gasteiger charge is -2.02. The highest BCUT2D eigenvalue weighted by Crippen LogP contribution is 2.21. The summed E-state index contributed by atoms with van der Waals surface area (Å²) in [5.41, 5.74) is 2.42. The minimum Gasteiger partial charge on any atom is -0.322 e. The van der Waals surface area contributed by atoms with Crippen LogP contribution in [-0.4, -0.2) is 17.7 Å². The van der Waals surface area contributed by atoms with E-state index in [0.29, 0.717) is 17.1 Å². The monoisotopic (exact) mass is 291 g/mol. The van der Waals surface area contributed by atoms with Gasteiger partial charge in [0.05, 0.1) is 11.4 Å². The summed E-state index contributed by atoms with van der Waals surface area (Å²) in [5, 5.41) is 5.58. The third-order valence-electron chi connectivity index (χ3n) is 3.26. The van der Waals surface area contributed by atoms with Gasteiger partial charge in [0, 0.05) is 0 Å². The van der Waals surface area contributed by atoms with Gasteiger partial charge in [0.15, 0.2) is 0 Å². The minimum atomic E-state index is -1.12. The van der Waals surface area contributed by atoms with Crippen LogP contribution in [0.3, 0.4) is 0 Å². The van der Waals surface area contributed by atoms with Crippen LogP contribution in [0.2, 0.25) is 0 Å². The quantitative estimate of drug-likeness (QED) is 0.883. The maximum Gasteiger partial charge on any atom is 0.259 e. The number of carbonyl (C=O) groups is 1. The van der Waals surface area contributed by atoms with Crippen molar-refractivity contribution < 1.29 is 4.79 Å². The van der Waals surface area contributed by atoms with E-state index in [9.17, 15) is 9.70 Å². The van der Waals surface area contributed by atoms with E-state index >= 15 is 0 Å². The Bertz CT molecular complexity index is 752. The van der Waals surface area contributed by atoms with Crippen molar-refractivity contribution in [2.45, 2.75) is 6.04 Å². The molecule has 1 heterocycles. The zero-order valence-corrected chi connectivity index (χ0v) is 11.6. The molecule has 5 heteroatoms. The Kier molecular flexibility index (Phi) is 3.87. The van der Waals surface area contributed by atoms with Crippen molar-refractivity contribution in [2.24, 2.45) is 10.2 Å². The Hall–Kier alpha value is -3.08. The Morgan fingerprint density at radius 2 is 1.59 bits per heavy atom. The summed E-state index contributed by atoms with van der Waals surface area (Å²) in [6.07, 6.45) is 1.78. The van der Waals surface area contributed by atoms with Crippen molar-refractivity contribution in [1.29, 1.82) is 0 Å². The van der Waals surface area contributed by atoms with Crippen LogP contribution in [0.5, 0.6) is 0 Å². The maximum atomic E-state index is 11.9. The van der Waals surface area contributed by atoms with Gasteiger partial charge in [0.1, 0.15) is 5.71 Å². The van der Waals surface area contributed by atoms with Crippen molar-refractivity contribution in [2.75, 3.05) is 0 Å². The van der Waals surface area contributed by atoms with Crippen LogP contribution in [0, 0.1) is 4.91 Å². The molecule has 1 amide bonds. The van der Waals surface area contributed by atoms with Crippen molar-refractivity contribution in [3.8, 4) is 0 Å². The number of rotatable bonds is 3. The fourth-order valence-corrected chi connectivity index (χ4v) is 2.22. The number of carbonyl (C=O) groups excluding carboxylic acids is 1. The number of aliphatic imine (C=N–C) groups is 1. The van der Waals surface area contributed by atoms with Gasteiger partial charge in [0.25, 0.3) is 5.91 Å². The topological polar surface area (TPSA) is 70.9 Å². The summed E-state index contributed by atoms with van der Waals surface area (Å²) in [7, 11) is 0. The summed E-state index contributed by atoms with van der Waals surface area (Å²) in [5.74, 6) is -0.452. The Balaban J connectivity index is 2.05. The molecule has 22 heavy (non-hydrogen) atoms. The van der Waals surface area contributed by atoms with Crippen molar-refractivity contribution in [3.05, 3.63) is 76.8 Å². The van der Waals surface area contributed by atoms with Crippen molar-refractivity contribution in [3.63, 3.8) is 0 Å². The third kappa shape index (κ3) is 2.83. The molecule has 108 valence electrons. The molecule has 0 spiro atoms. The lowest BCUT2D eigenvalue weighted by molar-refractivity contribution is -0.119. The number of nitrogens with zero attached hydrogens (tertiary/aromatic N) is 2. The zero-order chi connectivity index (χ0) is 15.4. The number of benzene rings is 2. The van der Waals surface area contributed by atoms with Crippen LogP contribution in [0.25, 0.3) is 6.08 Å². The smallest absolute Gasteiger partial charge is 0.259 e. The molecule has 0 aromatic heterocycles. The minimum absolute atomic E-state index is 0.343. The summed E-state index contributed by atoms with van der Waals surface area (Å²) in [6, 6.07) is 17.6. The predicted molar refractivity (Wildman–Crippen MR) is 85.7 cm³/mol. The van der Waals surface area contributed by atoms with Gasteiger partial charge in [-0.2, -0.15) is 0 Å². The number of hydrogen-bond donors (Lipinski definition) is 1. The van der Waals surface area contributed by atoms with Gasteiger partial charge in [0.2, 0.25) is 6.04 Å². The van der Waals surface area contributed by atoms with E-state index in [1.54, 1.807) is 18.2 Å². The molecule has 2 aromatic carbocycles. The second-order valence-corrected chi connectivity index (χ2v) is 4.80. The van der Waals surface area contributed by atoms with E-state index in [2.05, 4.69) is 15.5 Å².